The van der Waals surface area contributed by atoms with E-state index in [0.717, 1.165) is 5.56 Å². The van der Waals surface area contributed by atoms with Gasteiger partial charge in [-0.05, 0) is 42.7 Å². The van der Waals surface area contributed by atoms with Gasteiger partial charge in [0.15, 0.2) is 0 Å². The quantitative estimate of drug-likeness (QED) is 0.870. The van der Waals surface area contributed by atoms with E-state index in [1.54, 1.807) is 19.1 Å². The molecule has 0 unspecified atom stereocenters. The summed E-state index contributed by atoms with van der Waals surface area (Å²) in [7, 11) is -2.29. The number of nitrogens with zero attached hydrogens (tertiary/aromatic N) is 1. The second-order valence-corrected chi connectivity index (χ2v) is 7.94. The van der Waals surface area contributed by atoms with Gasteiger partial charge in [-0.2, -0.15) is 4.31 Å². The van der Waals surface area contributed by atoms with Crippen molar-refractivity contribution in [3.63, 3.8) is 0 Å². The lowest BCUT2D eigenvalue weighted by Crippen LogP contribution is -2.36. The van der Waals surface area contributed by atoms with Crippen molar-refractivity contribution in [2.45, 2.75) is 24.8 Å². The van der Waals surface area contributed by atoms with Crippen LogP contribution < -0.4 is 10.1 Å². The van der Waals surface area contributed by atoms with Crippen molar-refractivity contribution in [3.8, 4) is 5.75 Å². The molecule has 1 aliphatic heterocycles. The van der Waals surface area contributed by atoms with Crippen molar-refractivity contribution in [2.75, 3.05) is 20.2 Å². The van der Waals surface area contributed by atoms with Crippen LogP contribution in [0.2, 0.25) is 0 Å². The van der Waals surface area contributed by atoms with Crippen molar-refractivity contribution in [3.05, 3.63) is 59.2 Å². The van der Waals surface area contributed by atoms with Gasteiger partial charge in [-0.15, -0.1) is 0 Å². The molecule has 1 aliphatic rings. The molecule has 1 amide bonds. The van der Waals surface area contributed by atoms with Gasteiger partial charge >= 0.3 is 0 Å². The van der Waals surface area contributed by atoms with Crippen LogP contribution in [0.25, 0.3) is 0 Å². The molecule has 0 aliphatic carbocycles. The van der Waals surface area contributed by atoms with Crippen molar-refractivity contribution in [1.29, 1.82) is 0 Å². The van der Waals surface area contributed by atoms with Crippen LogP contribution in [-0.4, -0.2) is 38.8 Å². The van der Waals surface area contributed by atoms with Crippen LogP contribution in [0.3, 0.4) is 0 Å². The number of carbonyl (C=O) groups excluding carboxylic acids is 1. The van der Waals surface area contributed by atoms with E-state index >= 15 is 0 Å². The molecule has 6 nitrogen and oxygen atoms in total. The van der Waals surface area contributed by atoms with Gasteiger partial charge in [0.2, 0.25) is 10.0 Å². The molecule has 0 bridgehead atoms. The number of ether oxygens (including phenoxy) is 1. The Morgan fingerprint density at radius 1 is 1.19 bits per heavy atom. The summed E-state index contributed by atoms with van der Waals surface area (Å²) in [6.45, 7) is 2.84. The minimum atomic E-state index is -3.79. The molecule has 0 radical (unpaired) electrons. The molecule has 7 heteroatoms. The molecule has 0 fully saturated rings. The predicted molar refractivity (Wildman–Crippen MR) is 98.7 cm³/mol. The molecule has 0 saturated heterocycles. The Morgan fingerprint density at radius 2 is 1.92 bits per heavy atom. The van der Waals surface area contributed by atoms with E-state index in [-0.39, 0.29) is 22.1 Å². The van der Waals surface area contributed by atoms with Gasteiger partial charge in [-0.3, -0.25) is 4.79 Å². The Bertz CT molecular complexity index is 925. The molecule has 1 heterocycles. The fourth-order valence-corrected chi connectivity index (χ4v) is 4.66. The van der Waals surface area contributed by atoms with Crippen LogP contribution in [-0.2, 0) is 23.0 Å². The third-order valence-electron chi connectivity index (χ3n) is 4.45. The molecule has 0 aromatic heterocycles. The predicted octanol–water partition coefficient (Wildman–Crippen LogP) is 2.19. The molecular formula is C19H22N2O4S. The second kappa shape index (κ2) is 7.47. The fraction of sp³-hybridized carbons (Fsp3) is 0.316. The van der Waals surface area contributed by atoms with Gasteiger partial charge in [-0.25, -0.2) is 8.42 Å². The van der Waals surface area contributed by atoms with Crippen molar-refractivity contribution >= 4 is 15.9 Å². The first kappa shape index (κ1) is 18.4. The number of benzene rings is 2. The number of sulfonamides is 1. The number of nitrogens with one attached hydrogen (secondary N) is 1. The molecule has 0 atom stereocenters. The average Bonchev–Trinajstić information content (AvgIpc) is 2.67. The van der Waals surface area contributed by atoms with Gasteiger partial charge in [0.1, 0.15) is 10.6 Å². The lowest BCUT2D eigenvalue weighted by Gasteiger charge is -2.28. The van der Waals surface area contributed by atoms with Gasteiger partial charge in [0.25, 0.3) is 5.91 Å². The average molecular weight is 374 g/mol. The van der Waals surface area contributed by atoms with E-state index in [4.69, 9.17) is 4.74 Å². The van der Waals surface area contributed by atoms with E-state index in [1.807, 2.05) is 24.3 Å². The Labute approximate surface area is 153 Å². The van der Waals surface area contributed by atoms with Crippen LogP contribution in [0.4, 0.5) is 0 Å². The van der Waals surface area contributed by atoms with Gasteiger partial charge in [-0.1, -0.05) is 24.3 Å². The van der Waals surface area contributed by atoms with Gasteiger partial charge in [0.05, 0.1) is 6.61 Å². The lowest BCUT2D eigenvalue weighted by atomic mass is 10.0. The first-order chi connectivity index (χ1) is 12.5. The van der Waals surface area contributed by atoms with Crippen LogP contribution in [0.1, 0.15) is 28.4 Å². The van der Waals surface area contributed by atoms with E-state index in [0.29, 0.717) is 26.1 Å². The SMILES string of the molecule is CCOc1ccc(C(=O)NC)cc1S(=O)(=O)N1CCc2ccccc2C1. The number of hydrogen-bond acceptors (Lipinski definition) is 4. The normalized spacial score (nSPS) is 14.5. The topological polar surface area (TPSA) is 75.7 Å². The van der Waals surface area contributed by atoms with Gasteiger partial charge < -0.3 is 10.1 Å². The second-order valence-electron chi connectivity index (χ2n) is 6.03. The van der Waals surface area contributed by atoms with Crippen LogP contribution in [0.15, 0.2) is 47.4 Å². The maximum Gasteiger partial charge on any atom is 0.251 e. The highest BCUT2D eigenvalue weighted by Gasteiger charge is 2.31. The molecule has 0 spiro atoms. The highest BCUT2D eigenvalue weighted by atomic mass is 32.2. The molecule has 2 aromatic carbocycles. The van der Waals surface area contributed by atoms with E-state index in [1.165, 1.54) is 23.0 Å². The number of hydrogen-bond donors (Lipinski definition) is 1. The maximum atomic E-state index is 13.3. The zero-order valence-corrected chi connectivity index (χ0v) is 15.7. The zero-order chi connectivity index (χ0) is 18.7. The standard InChI is InChI=1S/C19H22N2O4S/c1-3-25-17-9-8-15(19(22)20-2)12-18(17)26(23,24)21-11-10-14-6-4-5-7-16(14)13-21/h4-9,12H,3,10-11,13H2,1-2H3,(H,20,22). The fourth-order valence-electron chi connectivity index (χ4n) is 3.08. The first-order valence-corrected chi connectivity index (χ1v) is 9.97. The van der Waals surface area contributed by atoms with Crippen LogP contribution in [0.5, 0.6) is 5.75 Å². The van der Waals surface area contributed by atoms with E-state index in [2.05, 4.69) is 5.32 Å². The highest BCUT2D eigenvalue weighted by Crippen LogP contribution is 2.31. The molecule has 26 heavy (non-hydrogen) atoms. The number of fused-ring (bicyclic) bond motifs is 1. The minimum absolute atomic E-state index is 0.0276. The highest BCUT2D eigenvalue weighted by molar-refractivity contribution is 7.89. The smallest absolute Gasteiger partial charge is 0.251 e. The summed E-state index contributed by atoms with van der Waals surface area (Å²) in [6, 6.07) is 12.3. The van der Waals surface area contributed by atoms with E-state index < -0.39 is 10.0 Å². The summed E-state index contributed by atoms with van der Waals surface area (Å²) < 4.78 is 33.5. The Morgan fingerprint density at radius 3 is 2.62 bits per heavy atom. The zero-order valence-electron chi connectivity index (χ0n) is 14.9. The summed E-state index contributed by atoms with van der Waals surface area (Å²) in [5, 5.41) is 2.52. The largest absolute Gasteiger partial charge is 0.492 e. The molecule has 0 saturated carbocycles. The molecule has 2 aromatic rings. The van der Waals surface area contributed by atoms with Gasteiger partial charge in [0, 0.05) is 25.7 Å². The molecule has 1 N–H and O–H groups in total. The number of rotatable bonds is 5. The molecule has 138 valence electrons. The molecule has 3 rings (SSSR count). The van der Waals surface area contributed by atoms with Crippen molar-refractivity contribution in [2.24, 2.45) is 0 Å². The lowest BCUT2D eigenvalue weighted by molar-refractivity contribution is 0.0963. The summed E-state index contributed by atoms with van der Waals surface area (Å²) in [4.78, 5) is 12.0. The number of carbonyl (C=O) groups is 1. The molecular weight excluding hydrogens is 352 g/mol. The van der Waals surface area contributed by atoms with Crippen LogP contribution >= 0.6 is 0 Å². The summed E-state index contributed by atoms with van der Waals surface area (Å²) in [5.74, 6) is -0.0764. The Balaban J connectivity index is 2.02. The first-order valence-electron chi connectivity index (χ1n) is 8.53. The van der Waals surface area contributed by atoms with Crippen molar-refractivity contribution in [1.82, 2.24) is 9.62 Å². The summed E-state index contributed by atoms with van der Waals surface area (Å²) in [5.41, 5.74) is 2.46. The monoisotopic (exact) mass is 374 g/mol. The summed E-state index contributed by atoms with van der Waals surface area (Å²) >= 11 is 0. The van der Waals surface area contributed by atoms with E-state index in [9.17, 15) is 13.2 Å². The Hall–Kier alpha value is -2.38. The third kappa shape index (κ3) is 3.45. The maximum absolute atomic E-state index is 13.3. The van der Waals surface area contributed by atoms with Crippen molar-refractivity contribution < 1.29 is 17.9 Å². The summed E-state index contributed by atoms with van der Waals surface area (Å²) in [6.07, 6.45) is 0.661. The Kier molecular flexibility index (Phi) is 5.29. The number of amides is 1. The minimum Gasteiger partial charge on any atom is -0.492 e. The third-order valence-corrected chi connectivity index (χ3v) is 6.31. The van der Waals surface area contributed by atoms with Crippen LogP contribution in [0, 0.1) is 0 Å².